The number of hydrogen-bond acceptors (Lipinski definition) is 2. The third kappa shape index (κ3) is 3.15. The Bertz CT molecular complexity index is 406. The molecule has 98 valence electrons. The first-order valence-electron chi connectivity index (χ1n) is 6.66. The summed E-state index contributed by atoms with van der Waals surface area (Å²) in [7, 11) is 0. The molecule has 1 aliphatic rings. The summed E-state index contributed by atoms with van der Waals surface area (Å²) in [6.07, 6.45) is 2.24. The molecule has 4 heteroatoms. The molecule has 0 aliphatic carbocycles. The van der Waals surface area contributed by atoms with E-state index in [2.05, 4.69) is 35.8 Å². The summed E-state index contributed by atoms with van der Waals surface area (Å²) in [5, 5.41) is 6.23. The molecule has 18 heavy (non-hydrogen) atoms. The molecule has 0 saturated carbocycles. The maximum Gasteiger partial charge on any atom is 0.317 e. The summed E-state index contributed by atoms with van der Waals surface area (Å²) >= 11 is 0. The van der Waals surface area contributed by atoms with Gasteiger partial charge < -0.3 is 15.5 Å². The number of nitrogens with one attached hydrogen (secondary N) is 2. The van der Waals surface area contributed by atoms with E-state index in [0.29, 0.717) is 0 Å². The summed E-state index contributed by atoms with van der Waals surface area (Å²) in [5.74, 6) is 0. The number of benzene rings is 1. The van der Waals surface area contributed by atoms with Crippen LogP contribution < -0.4 is 10.6 Å². The normalized spacial score (nSPS) is 14.7. The van der Waals surface area contributed by atoms with Gasteiger partial charge >= 0.3 is 6.03 Å². The molecule has 0 atom stereocenters. The lowest BCUT2D eigenvalue weighted by Gasteiger charge is -2.16. The van der Waals surface area contributed by atoms with Crippen LogP contribution in [0.2, 0.25) is 0 Å². The Morgan fingerprint density at radius 3 is 2.94 bits per heavy atom. The smallest absolute Gasteiger partial charge is 0.317 e. The Balaban J connectivity index is 1.84. The molecule has 0 aromatic heterocycles. The highest BCUT2D eigenvalue weighted by Crippen LogP contribution is 2.16. The number of carbonyl (C=O) groups is 1. The molecule has 2 N–H and O–H groups in total. The second-order valence-electron chi connectivity index (χ2n) is 4.55. The van der Waals surface area contributed by atoms with Crippen molar-refractivity contribution in [1.82, 2.24) is 10.2 Å². The minimum absolute atomic E-state index is 0.0543. The molecule has 2 amide bonds. The first-order chi connectivity index (χ1) is 8.81. The quantitative estimate of drug-likeness (QED) is 0.808. The molecule has 4 nitrogen and oxygen atoms in total. The van der Waals surface area contributed by atoms with Gasteiger partial charge in [0.15, 0.2) is 0 Å². The van der Waals surface area contributed by atoms with Crippen molar-refractivity contribution in [2.75, 3.05) is 31.5 Å². The van der Waals surface area contributed by atoms with Gasteiger partial charge in [0.2, 0.25) is 0 Å². The van der Waals surface area contributed by atoms with Crippen LogP contribution in [-0.4, -0.2) is 37.1 Å². The minimum Gasteiger partial charge on any atom is -0.383 e. The zero-order valence-electron chi connectivity index (χ0n) is 10.9. The van der Waals surface area contributed by atoms with Gasteiger partial charge in [-0.25, -0.2) is 4.79 Å². The van der Waals surface area contributed by atoms with E-state index >= 15 is 0 Å². The topological polar surface area (TPSA) is 44.4 Å². The van der Waals surface area contributed by atoms with Crippen LogP contribution in [0.5, 0.6) is 0 Å². The van der Waals surface area contributed by atoms with Gasteiger partial charge in [0, 0.05) is 31.9 Å². The van der Waals surface area contributed by atoms with Crippen LogP contribution in [0.15, 0.2) is 24.3 Å². The number of anilines is 1. The molecular formula is C14H21N3O. The van der Waals surface area contributed by atoms with Gasteiger partial charge in [0.05, 0.1) is 0 Å². The Kier molecular flexibility index (Phi) is 4.45. The zero-order chi connectivity index (χ0) is 12.8. The Morgan fingerprint density at radius 1 is 1.39 bits per heavy atom. The molecule has 0 unspecified atom stereocenters. The maximum absolute atomic E-state index is 11.4. The maximum atomic E-state index is 11.4. The highest BCUT2D eigenvalue weighted by Gasteiger charge is 2.18. The van der Waals surface area contributed by atoms with Crippen molar-refractivity contribution in [3.63, 3.8) is 0 Å². The summed E-state index contributed by atoms with van der Waals surface area (Å²) in [5.41, 5.74) is 2.55. The number of urea groups is 1. The third-order valence-corrected chi connectivity index (χ3v) is 3.18. The van der Waals surface area contributed by atoms with Crippen molar-refractivity contribution < 1.29 is 4.79 Å². The van der Waals surface area contributed by atoms with Gasteiger partial charge in [-0.2, -0.15) is 0 Å². The van der Waals surface area contributed by atoms with Gasteiger partial charge in [-0.1, -0.05) is 31.5 Å². The fourth-order valence-corrected chi connectivity index (χ4v) is 2.23. The molecule has 1 saturated heterocycles. The number of para-hydroxylation sites is 1. The molecule has 2 rings (SSSR count). The van der Waals surface area contributed by atoms with E-state index in [1.165, 1.54) is 11.3 Å². The average molecular weight is 247 g/mol. The van der Waals surface area contributed by atoms with Crippen LogP contribution in [-0.2, 0) is 6.42 Å². The van der Waals surface area contributed by atoms with Crippen molar-refractivity contribution in [2.45, 2.75) is 19.8 Å². The SMILES string of the molecule is CCCc1ccccc1NCCN1CCNC1=O. The van der Waals surface area contributed by atoms with E-state index in [9.17, 15) is 4.79 Å². The standard InChI is InChI=1S/C14H21N3O/c1-2-5-12-6-3-4-7-13(12)15-8-10-17-11-9-16-14(17)18/h3-4,6-7,15H,2,5,8-11H2,1H3,(H,16,18). The molecule has 0 bridgehead atoms. The van der Waals surface area contributed by atoms with Crippen LogP contribution >= 0.6 is 0 Å². The second-order valence-corrected chi connectivity index (χ2v) is 4.55. The van der Waals surface area contributed by atoms with Crippen LogP contribution in [0.4, 0.5) is 10.5 Å². The molecule has 0 radical (unpaired) electrons. The highest BCUT2D eigenvalue weighted by molar-refractivity contribution is 5.76. The van der Waals surface area contributed by atoms with Gasteiger partial charge in [0.25, 0.3) is 0 Å². The van der Waals surface area contributed by atoms with Crippen LogP contribution in [0.3, 0.4) is 0 Å². The Morgan fingerprint density at radius 2 is 2.22 bits per heavy atom. The fourth-order valence-electron chi connectivity index (χ4n) is 2.23. The van der Waals surface area contributed by atoms with Crippen molar-refractivity contribution in [3.05, 3.63) is 29.8 Å². The fraction of sp³-hybridized carbons (Fsp3) is 0.500. The first kappa shape index (κ1) is 12.7. The lowest BCUT2D eigenvalue weighted by Crippen LogP contribution is -2.32. The number of amides is 2. The number of aryl methyl sites for hydroxylation is 1. The largest absolute Gasteiger partial charge is 0.383 e. The van der Waals surface area contributed by atoms with Gasteiger partial charge in [0.1, 0.15) is 0 Å². The van der Waals surface area contributed by atoms with Gasteiger partial charge in [-0.05, 0) is 18.1 Å². The van der Waals surface area contributed by atoms with Crippen LogP contribution in [0.1, 0.15) is 18.9 Å². The summed E-state index contributed by atoms with van der Waals surface area (Å²) < 4.78 is 0. The monoisotopic (exact) mass is 247 g/mol. The molecule has 1 aromatic rings. The van der Waals surface area contributed by atoms with E-state index < -0.39 is 0 Å². The summed E-state index contributed by atoms with van der Waals surface area (Å²) in [6, 6.07) is 8.44. The molecule has 1 fully saturated rings. The average Bonchev–Trinajstić information content (AvgIpc) is 2.78. The Hall–Kier alpha value is -1.71. The van der Waals surface area contributed by atoms with Crippen molar-refractivity contribution in [1.29, 1.82) is 0 Å². The van der Waals surface area contributed by atoms with Crippen molar-refractivity contribution in [3.8, 4) is 0 Å². The molecular weight excluding hydrogens is 226 g/mol. The third-order valence-electron chi connectivity index (χ3n) is 3.18. The Labute approximate surface area is 108 Å². The van der Waals surface area contributed by atoms with Gasteiger partial charge in [-0.3, -0.25) is 0 Å². The van der Waals surface area contributed by atoms with E-state index in [-0.39, 0.29) is 6.03 Å². The molecule has 0 spiro atoms. The number of rotatable bonds is 6. The lowest BCUT2D eigenvalue weighted by atomic mass is 10.1. The minimum atomic E-state index is 0.0543. The van der Waals surface area contributed by atoms with Gasteiger partial charge in [-0.15, -0.1) is 0 Å². The van der Waals surface area contributed by atoms with Crippen molar-refractivity contribution in [2.24, 2.45) is 0 Å². The highest BCUT2D eigenvalue weighted by atomic mass is 16.2. The summed E-state index contributed by atoms with van der Waals surface area (Å²) in [6.45, 7) is 5.33. The number of carbonyl (C=O) groups excluding carboxylic acids is 1. The molecule has 1 aliphatic heterocycles. The predicted molar refractivity (Wildman–Crippen MR) is 73.9 cm³/mol. The summed E-state index contributed by atoms with van der Waals surface area (Å²) in [4.78, 5) is 13.2. The van der Waals surface area contributed by atoms with Crippen LogP contribution in [0, 0.1) is 0 Å². The number of hydrogen-bond donors (Lipinski definition) is 2. The van der Waals surface area contributed by atoms with Crippen molar-refractivity contribution >= 4 is 11.7 Å². The lowest BCUT2D eigenvalue weighted by molar-refractivity contribution is 0.219. The first-order valence-corrected chi connectivity index (χ1v) is 6.66. The van der Waals surface area contributed by atoms with E-state index in [1.54, 1.807) is 0 Å². The number of nitrogens with zero attached hydrogens (tertiary/aromatic N) is 1. The van der Waals surface area contributed by atoms with E-state index in [1.807, 2.05) is 11.0 Å². The predicted octanol–water partition coefficient (Wildman–Crippen LogP) is 2.08. The van der Waals surface area contributed by atoms with E-state index in [4.69, 9.17) is 0 Å². The van der Waals surface area contributed by atoms with Crippen LogP contribution in [0.25, 0.3) is 0 Å². The second kappa shape index (κ2) is 6.28. The molecule has 1 aromatic carbocycles. The van der Waals surface area contributed by atoms with E-state index in [0.717, 1.165) is 39.0 Å². The molecule has 1 heterocycles. The zero-order valence-corrected chi connectivity index (χ0v) is 10.9.